The minimum absolute atomic E-state index is 0.0584. The van der Waals surface area contributed by atoms with E-state index >= 15 is 0 Å². The Kier molecular flexibility index (Phi) is 12.5. The minimum Gasteiger partial charge on any atom is -0.381 e. The van der Waals surface area contributed by atoms with Gasteiger partial charge in [0.25, 0.3) is 0 Å². The summed E-state index contributed by atoms with van der Waals surface area (Å²) >= 11 is 7.68. The standard InChI is InChI=1S/C32H45ClN4O4S/c1-4-5-26(38)18-24(19-31-34-28-7-6-25(33)20-30(28)42-31)32(40)35-27(23-10-16-41-17-11-23)8-9-29(39)22(2)21-37-14-12-36(3)13-15-37/h6-7,20,23-24,27H,2,4-5,8-19,21H2,1,3H3,(H,35,40)/t24-,27+/m0/s1. The summed E-state index contributed by atoms with van der Waals surface area (Å²) in [6, 6.07) is 5.40. The van der Waals surface area contributed by atoms with Crippen LogP contribution in [0.4, 0.5) is 0 Å². The van der Waals surface area contributed by atoms with Gasteiger partial charge in [0.05, 0.1) is 21.1 Å². The van der Waals surface area contributed by atoms with Gasteiger partial charge in [-0.1, -0.05) is 25.1 Å². The molecule has 1 N–H and O–H groups in total. The number of fused-ring (bicyclic) bond motifs is 1. The molecule has 2 atom stereocenters. The quantitative estimate of drug-likeness (QED) is 0.284. The molecule has 2 aromatic rings. The Morgan fingerprint density at radius 2 is 1.90 bits per heavy atom. The molecule has 2 aliphatic rings. The largest absolute Gasteiger partial charge is 0.381 e. The summed E-state index contributed by atoms with van der Waals surface area (Å²) in [5.41, 5.74) is 1.48. The summed E-state index contributed by atoms with van der Waals surface area (Å²) in [4.78, 5) is 49.0. The van der Waals surface area contributed by atoms with Crippen molar-refractivity contribution in [1.29, 1.82) is 0 Å². The fraction of sp³-hybridized carbons (Fsp3) is 0.625. The van der Waals surface area contributed by atoms with Gasteiger partial charge in [-0.2, -0.15) is 0 Å². The first-order valence-corrected chi connectivity index (χ1v) is 16.5. The van der Waals surface area contributed by atoms with Crippen molar-refractivity contribution in [3.05, 3.63) is 40.4 Å². The van der Waals surface area contributed by atoms with Gasteiger partial charge in [0.1, 0.15) is 5.78 Å². The second kappa shape index (κ2) is 16.1. The highest BCUT2D eigenvalue weighted by Crippen LogP contribution is 2.29. The molecule has 0 bridgehead atoms. The molecule has 8 nitrogen and oxygen atoms in total. The van der Waals surface area contributed by atoms with Gasteiger partial charge in [-0.05, 0) is 56.8 Å². The summed E-state index contributed by atoms with van der Waals surface area (Å²) < 4.78 is 6.56. The van der Waals surface area contributed by atoms with Crippen molar-refractivity contribution in [2.24, 2.45) is 11.8 Å². The van der Waals surface area contributed by atoms with Crippen LogP contribution in [0.1, 0.15) is 56.9 Å². The van der Waals surface area contributed by atoms with Crippen LogP contribution in [0.2, 0.25) is 5.02 Å². The van der Waals surface area contributed by atoms with Crippen LogP contribution in [0, 0.1) is 11.8 Å². The van der Waals surface area contributed by atoms with Crippen LogP contribution >= 0.6 is 22.9 Å². The van der Waals surface area contributed by atoms with E-state index in [-0.39, 0.29) is 35.9 Å². The lowest BCUT2D eigenvalue weighted by Gasteiger charge is -2.33. The molecule has 0 unspecified atom stereocenters. The first kappa shape index (κ1) is 32.7. The Morgan fingerprint density at radius 1 is 1.17 bits per heavy atom. The highest BCUT2D eigenvalue weighted by molar-refractivity contribution is 7.18. The molecule has 230 valence electrons. The summed E-state index contributed by atoms with van der Waals surface area (Å²) in [6.07, 6.45) is 4.32. The predicted molar refractivity (Wildman–Crippen MR) is 169 cm³/mol. The Bertz CT molecular complexity index is 1240. The third-order valence-corrected chi connectivity index (χ3v) is 9.71. The number of rotatable bonds is 15. The van der Waals surface area contributed by atoms with E-state index in [1.54, 1.807) is 0 Å². The number of ether oxygens (including phenoxy) is 1. The number of nitrogens with one attached hydrogen (secondary N) is 1. The van der Waals surface area contributed by atoms with E-state index < -0.39 is 5.92 Å². The van der Waals surface area contributed by atoms with Crippen LogP contribution in [0.25, 0.3) is 10.2 Å². The lowest BCUT2D eigenvalue weighted by atomic mass is 9.86. The lowest BCUT2D eigenvalue weighted by molar-refractivity contribution is -0.130. The number of carbonyl (C=O) groups excluding carboxylic acids is 3. The Balaban J connectivity index is 1.42. The molecule has 3 heterocycles. The summed E-state index contributed by atoms with van der Waals surface area (Å²) in [6.45, 7) is 11.8. The molecule has 2 aliphatic heterocycles. The topological polar surface area (TPSA) is 91.8 Å². The van der Waals surface area contributed by atoms with E-state index in [2.05, 4.69) is 28.7 Å². The van der Waals surface area contributed by atoms with Crippen LogP contribution < -0.4 is 5.32 Å². The van der Waals surface area contributed by atoms with Crippen molar-refractivity contribution in [1.82, 2.24) is 20.1 Å². The second-order valence-corrected chi connectivity index (χ2v) is 13.4. The van der Waals surface area contributed by atoms with E-state index in [0.29, 0.717) is 56.0 Å². The Hall–Kier alpha value is -2.17. The van der Waals surface area contributed by atoms with Crippen molar-refractivity contribution in [2.45, 2.75) is 64.3 Å². The number of benzene rings is 1. The number of nitrogens with zero attached hydrogens (tertiary/aromatic N) is 3. The molecule has 1 amide bonds. The molecule has 1 aromatic carbocycles. The maximum atomic E-state index is 13.8. The van der Waals surface area contributed by atoms with Crippen LogP contribution in [-0.4, -0.2) is 91.3 Å². The molecule has 0 radical (unpaired) electrons. The third-order valence-electron chi connectivity index (χ3n) is 8.44. The summed E-state index contributed by atoms with van der Waals surface area (Å²) in [7, 11) is 2.11. The Labute approximate surface area is 258 Å². The number of hydrogen-bond donors (Lipinski definition) is 1. The van der Waals surface area contributed by atoms with Crippen molar-refractivity contribution in [2.75, 3.05) is 53.0 Å². The van der Waals surface area contributed by atoms with E-state index in [9.17, 15) is 14.4 Å². The van der Waals surface area contributed by atoms with E-state index in [0.717, 1.165) is 60.7 Å². The molecule has 4 rings (SSSR count). The number of carbonyl (C=O) groups is 3. The zero-order chi connectivity index (χ0) is 30.1. The van der Waals surface area contributed by atoms with Gasteiger partial charge in [0.2, 0.25) is 5.91 Å². The van der Waals surface area contributed by atoms with Gasteiger partial charge in [-0.3, -0.25) is 19.3 Å². The Morgan fingerprint density at radius 3 is 2.62 bits per heavy atom. The highest BCUT2D eigenvalue weighted by Gasteiger charge is 2.31. The van der Waals surface area contributed by atoms with Crippen LogP contribution in [0.15, 0.2) is 30.4 Å². The number of ketones is 2. The normalized spacial score (nSPS) is 18.5. The average Bonchev–Trinajstić information content (AvgIpc) is 3.37. The van der Waals surface area contributed by atoms with E-state index in [4.69, 9.17) is 21.3 Å². The highest BCUT2D eigenvalue weighted by atomic mass is 35.5. The molecular formula is C32H45ClN4O4S. The maximum absolute atomic E-state index is 13.8. The number of amides is 1. The fourth-order valence-corrected chi connectivity index (χ4v) is 7.15. The number of Topliss-reactive ketones (excluding diaryl/α,β-unsaturated/α-hetero) is 2. The number of halogens is 1. The first-order valence-electron chi connectivity index (χ1n) is 15.3. The molecule has 42 heavy (non-hydrogen) atoms. The van der Waals surface area contributed by atoms with Crippen LogP contribution in [-0.2, 0) is 25.5 Å². The van der Waals surface area contributed by atoms with Gasteiger partial charge in [-0.15, -0.1) is 11.3 Å². The lowest BCUT2D eigenvalue weighted by Crippen LogP contribution is -2.46. The molecule has 2 fully saturated rings. The maximum Gasteiger partial charge on any atom is 0.224 e. The molecule has 0 spiro atoms. The van der Waals surface area contributed by atoms with Gasteiger partial charge in [0, 0.05) is 88.3 Å². The minimum atomic E-state index is -0.523. The SMILES string of the molecule is C=C(CN1CCN(C)CC1)C(=O)CC[C@@H](NC(=O)[C@@H](CC(=O)CCC)Cc1nc2ccc(Cl)cc2s1)C1CCOCC1. The monoisotopic (exact) mass is 616 g/mol. The van der Waals surface area contributed by atoms with Gasteiger partial charge < -0.3 is 15.0 Å². The molecule has 2 saturated heterocycles. The van der Waals surface area contributed by atoms with Gasteiger partial charge in [-0.25, -0.2) is 4.98 Å². The number of aromatic nitrogens is 1. The van der Waals surface area contributed by atoms with Crippen molar-refractivity contribution >= 4 is 50.6 Å². The zero-order valence-corrected chi connectivity index (χ0v) is 26.6. The van der Waals surface area contributed by atoms with Crippen molar-refractivity contribution < 1.29 is 19.1 Å². The first-order chi connectivity index (χ1) is 20.2. The van der Waals surface area contributed by atoms with E-state index in [1.807, 2.05) is 25.1 Å². The zero-order valence-electron chi connectivity index (χ0n) is 25.0. The van der Waals surface area contributed by atoms with E-state index in [1.165, 1.54) is 11.3 Å². The predicted octanol–water partition coefficient (Wildman–Crippen LogP) is 4.93. The smallest absolute Gasteiger partial charge is 0.224 e. The summed E-state index contributed by atoms with van der Waals surface area (Å²) in [5.74, 6) is -0.303. The second-order valence-electron chi connectivity index (χ2n) is 11.8. The van der Waals surface area contributed by atoms with Crippen molar-refractivity contribution in [3.8, 4) is 0 Å². The van der Waals surface area contributed by atoms with Gasteiger partial charge in [0.15, 0.2) is 5.78 Å². The number of hydrogen-bond acceptors (Lipinski definition) is 8. The number of piperazine rings is 1. The number of thiazole rings is 1. The van der Waals surface area contributed by atoms with Crippen LogP contribution in [0.5, 0.6) is 0 Å². The summed E-state index contributed by atoms with van der Waals surface area (Å²) in [5, 5.41) is 4.75. The fourth-order valence-electron chi connectivity index (χ4n) is 5.83. The molecule has 0 aliphatic carbocycles. The molecular weight excluding hydrogens is 572 g/mol. The average molecular weight is 617 g/mol. The molecule has 1 aromatic heterocycles. The third kappa shape index (κ3) is 9.67. The van der Waals surface area contributed by atoms with Crippen LogP contribution in [0.3, 0.4) is 0 Å². The van der Waals surface area contributed by atoms with Gasteiger partial charge >= 0.3 is 0 Å². The molecule has 10 heteroatoms. The number of likely N-dealkylation sites (N-methyl/N-ethyl adjacent to an activating group) is 1. The molecule has 0 saturated carbocycles. The van der Waals surface area contributed by atoms with Crippen molar-refractivity contribution in [3.63, 3.8) is 0 Å².